The Hall–Kier alpha value is -0.840. The Labute approximate surface area is 128 Å². The van der Waals surface area contributed by atoms with Crippen molar-refractivity contribution in [2.75, 3.05) is 19.7 Å². The van der Waals surface area contributed by atoms with Crippen LogP contribution in [-0.4, -0.2) is 36.2 Å². The lowest BCUT2D eigenvalue weighted by molar-refractivity contribution is 0.0701. The number of furan rings is 1. The highest BCUT2D eigenvalue weighted by molar-refractivity contribution is 5.07. The molecule has 1 aromatic heterocycles. The van der Waals surface area contributed by atoms with E-state index in [1.807, 2.05) is 0 Å². The van der Waals surface area contributed by atoms with Crippen molar-refractivity contribution in [3.05, 3.63) is 23.7 Å². The van der Waals surface area contributed by atoms with Crippen LogP contribution in [0.5, 0.6) is 0 Å². The first-order valence-corrected chi connectivity index (χ1v) is 8.13. The van der Waals surface area contributed by atoms with Crippen molar-refractivity contribution >= 4 is 0 Å². The van der Waals surface area contributed by atoms with Gasteiger partial charge in [-0.2, -0.15) is 0 Å². The first-order chi connectivity index (χ1) is 9.96. The molecule has 120 valence electrons. The van der Waals surface area contributed by atoms with Crippen molar-refractivity contribution in [3.8, 4) is 0 Å². The Morgan fingerprint density at radius 3 is 2.67 bits per heavy atom. The monoisotopic (exact) mass is 294 g/mol. The molecular formula is C17H30N2O2. The third-order valence-electron chi connectivity index (χ3n) is 3.82. The van der Waals surface area contributed by atoms with Gasteiger partial charge in [-0.3, -0.25) is 4.90 Å². The van der Waals surface area contributed by atoms with Gasteiger partial charge in [-0.1, -0.05) is 6.92 Å². The lowest BCUT2D eigenvalue weighted by Gasteiger charge is -2.22. The molecule has 1 fully saturated rings. The molecule has 1 unspecified atom stereocenters. The average molecular weight is 294 g/mol. The van der Waals surface area contributed by atoms with Gasteiger partial charge in [-0.05, 0) is 52.3 Å². The van der Waals surface area contributed by atoms with Gasteiger partial charge in [-0.15, -0.1) is 0 Å². The maximum absolute atomic E-state index is 5.93. The van der Waals surface area contributed by atoms with Gasteiger partial charge in [0.1, 0.15) is 11.5 Å². The fourth-order valence-corrected chi connectivity index (χ4v) is 2.56. The zero-order valence-corrected chi connectivity index (χ0v) is 13.9. The second kappa shape index (κ2) is 7.43. The topological polar surface area (TPSA) is 37.6 Å². The van der Waals surface area contributed by atoms with Gasteiger partial charge in [0.2, 0.25) is 0 Å². The van der Waals surface area contributed by atoms with E-state index in [0.717, 1.165) is 44.3 Å². The summed E-state index contributed by atoms with van der Waals surface area (Å²) in [6.45, 7) is 13.3. The summed E-state index contributed by atoms with van der Waals surface area (Å²) >= 11 is 0. The van der Waals surface area contributed by atoms with Crippen LogP contribution in [0.3, 0.4) is 0 Å². The van der Waals surface area contributed by atoms with Crippen LogP contribution in [0.25, 0.3) is 0 Å². The van der Waals surface area contributed by atoms with E-state index in [9.17, 15) is 0 Å². The largest absolute Gasteiger partial charge is 0.463 e. The van der Waals surface area contributed by atoms with Crippen LogP contribution < -0.4 is 5.32 Å². The minimum atomic E-state index is 0.113. The predicted octanol–water partition coefficient (Wildman–Crippen LogP) is 3.17. The normalized spacial score (nSPS) is 19.6. The van der Waals surface area contributed by atoms with E-state index >= 15 is 0 Å². The van der Waals surface area contributed by atoms with Gasteiger partial charge < -0.3 is 14.5 Å². The van der Waals surface area contributed by atoms with Crippen molar-refractivity contribution in [1.29, 1.82) is 0 Å². The highest BCUT2D eigenvalue weighted by Crippen LogP contribution is 2.16. The summed E-state index contributed by atoms with van der Waals surface area (Å²) in [4.78, 5) is 2.40. The van der Waals surface area contributed by atoms with Gasteiger partial charge in [0.15, 0.2) is 0 Å². The van der Waals surface area contributed by atoms with Crippen LogP contribution in [0.1, 0.15) is 52.1 Å². The maximum Gasteiger partial charge on any atom is 0.118 e. The molecule has 1 aromatic rings. The molecule has 1 aliphatic rings. The number of hydrogen-bond donors (Lipinski definition) is 1. The van der Waals surface area contributed by atoms with Gasteiger partial charge >= 0.3 is 0 Å². The average Bonchev–Trinajstić information content (AvgIpc) is 3.06. The molecule has 0 radical (unpaired) electrons. The molecule has 1 atom stereocenters. The van der Waals surface area contributed by atoms with Crippen molar-refractivity contribution in [1.82, 2.24) is 10.2 Å². The zero-order valence-electron chi connectivity index (χ0n) is 13.9. The first kappa shape index (κ1) is 16.5. The van der Waals surface area contributed by atoms with Gasteiger partial charge in [0.05, 0.1) is 19.2 Å². The molecule has 4 heteroatoms. The minimum absolute atomic E-state index is 0.113. The fraction of sp³-hybridized carbons (Fsp3) is 0.765. The third kappa shape index (κ3) is 5.81. The second-order valence-corrected chi connectivity index (χ2v) is 6.93. The Kier molecular flexibility index (Phi) is 5.85. The third-order valence-corrected chi connectivity index (χ3v) is 3.82. The Morgan fingerprint density at radius 1 is 1.29 bits per heavy atom. The molecule has 0 bridgehead atoms. The van der Waals surface area contributed by atoms with Crippen molar-refractivity contribution in [2.45, 2.75) is 65.3 Å². The van der Waals surface area contributed by atoms with Crippen LogP contribution >= 0.6 is 0 Å². The van der Waals surface area contributed by atoms with Crippen LogP contribution in [0.4, 0.5) is 0 Å². The second-order valence-electron chi connectivity index (χ2n) is 6.93. The Bertz CT molecular complexity index is 417. The molecular weight excluding hydrogens is 264 g/mol. The maximum atomic E-state index is 5.93. The molecule has 0 spiro atoms. The smallest absolute Gasteiger partial charge is 0.118 e. The Morgan fingerprint density at radius 2 is 2.05 bits per heavy atom. The van der Waals surface area contributed by atoms with Crippen molar-refractivity contribution in [3.63, 3.8) is 0 Å². The Balaban J connectivity index is 1.82. The quantitative estimate of drug-likeness (QED) is 0.838. The predicted molar refractivity (Wildman–Crippen MR) is 85.2 cm³/mol. The standard InChI is InChI=1S/C17H30N2O2/c1-5-19(12-15-7-6-10-20-15)13-16-9-8-14(21-16)11-18-17(2,3)4/h8-9,15,18H,5-7,10-13H2,1-4H3. The SMILES string of the molecule is CCN(Cc1ccc(CNC(C)(C)C)o1)CC1CCCO1. The van der Waals surface area contributed by atoms with E-state index < -0.39 is 0 Å². The molecule has 1 N–H and O–H groups in total. The summed E-state index contributed by atoms with van der Waals surface area (Å²) in [5, 5.41) is 3.45. The highest BCUT2D eigenvalue weighted by Gasteiger charge is 2.19. The van der Waals surface area contributed by atoms with Crippen LogP contribution in [0, 0.1) is 0 Å². The summed E-state index contributed by atoms with van der Waals surface area (Å²) < 4.78 is 11.7. The molecule has 0 aromatic carbocycles. The van der Waals surface area contributed by atoms with Crippen LogP contribution in [0.15, 0.2) is 16.5 Å². The van der Waals surface area contributed by atoms with Crippen LogP contribution in [0.2, 0.25) is 0 Å². The fourth-order valence-electron chi connectivity index (χ4n) is 2.56. The summed E-state index contributed by atoms with van der Waals surface area (Å²) in [5.41, 5.74) is 0.113. The first-order valence-electron chi connectivity index (χ1n) is 8.13. The lowest BCUT2D eigenvalue weighted by atomic mass is 10.1. The van der Waals surface area contributed by atoms with E-state index in [2.05, 4.69) is 50.0 Å². The van der Waals surface area contributed by atoms with E-state index in [4.69, 9.17) is 9.15 Å². The van der Waals surface area contributed by atoms with Crippen LogP contribution in [-0.2, 0) is 17.8 Å². The molecule has 2 rings (SSSR count). The summed E-state index contributed by atoms with van der Waals surface area (Å²) in [7, 11) is 0. The molecule has 1 aliphatic heterocycles. The molecule has 4 nitrogen and oxygen atoms in total. The minimum Gasteiger partial charge on any atom is -0.463 e. The van der Waals surface area contributed by atoms with E-state index in [-0.39, 0.29) is 5.54 Å². The highest BCUT2D eigenvalue weighted by atomic mass is 16.5. The van der Waals surface area contributed by atoms with Gasteiger partial charge in [0.25, 0.3) is 0 Å². The molecule has 2 heterocycles. The van der Waals surface area contributed by atoms with E-state index in [1.165, 1.54) is 12.8 Å². The zero-order chi connectivity index (χ0) is 15.3. The summed E-state index contributed by atoms with van der Waals surface area (Å²) in [5.74, 6) is 2.05. The number of rotatable bonds is 7. The summed E-state index contributed by atoms with van der Waals surface area (Å²) in [6.07, 6.45) is 2.79. The van der Waals surface area contributed by atoms with E-state index in [1.54, 1.807) is 0 Å². The number of nitrogens with one attached hydrogen (secondary N) is 1. The van der Waals surface area contributed by atoms with Crippen molar-refractivity contribution < 1.29 is 9.15 Å². The lowest BCUT2D eigenvalue weighted by Crippen LogP contribution is -2.34. The molecule has 0 aliphatic carbocycles. The molecule has 1 saturated heterocycles. The molecule has 21 heavy (non-hydrogen) atoms. The van der Waals surface area contributed by atoms with Gasteiger partial charge in [0, 0.05) is 18.7 Å². The van der Waals surface area contributed by atoms with Gasteiger partial charge in [-0.25, -0.2) is 0 Å². The van der Waals surface area contributed by atoms with E-state index in [0.29, 0.717) is 6.10 Å². The number of likely N-dealkylation sites (N-methyl/N-ethyl adjacent to an activating group) is 1. The summed E-state index contributed by atoms with van der Waals surface area (Å²) in [6, 6.07) is 4.17. The number of nitrogens with zero attached hydrogens (tertiary/aromatic N) is 1. The number of hydrogen-bond acceptors (Lipinski definition) is 4. The van der Waals surface area contributed by atoms with Crippen molar-refractivity contribution in [2.24, 2.45) is 0 Å². The molecule has 0 amide bonds. The number of ether oxygens (including phenoxy) is 1. The molecule has 0 saturated carbocycles.